The minimum Gasteiger partial charge on any atom is -0.480 e. The van der Waals surface area contributed by atoms with Crippen molar-refractivity contribution in [3.05, 3.63) is 35.9 Å². The van der Waals surface area contributed by atoms with Crippen LogP contribution < -0.4 is 5.32 Å². The second kappa shape index (κ2) is 12.0. The van der Waals surface area contributed by atoms with Gasteiger partial charge in [0.05, 0.1) is 0 Å². The molecular formula is C22H33N2O6P. The summed E-state index contributed by atoms with van der Waals surface area (Å²) in [6.45, 7) is 2.28. The van der Waals surface area contributed by atoms with Gasteiger partial charge in [-0.25, -0.2) is 4.79 Å². The van der Waals surface area contributed by atoms with E-state index >= 15 is 0 Å². The first kappa shape index (κ1) is 25.1. The lowest BCUT2D eigenvalue weighted by Gasteiger charge is -2.27. The lowest BCUT2D eigenvalue weighted by Crippen LogP contribution is -2.43. The molecule has 1 fully saturated rings. The van der Waals surface area contributed by atoms with Crippen LogP contribution in [0.1, 0.15) is 57.4 Å². The molecule has 0 radical (unpaired) electrons. The zero-order chi connectivity index (χ0) is 22.9. The first-order chi connectivity index (χ1) is 14.7. The minimum absolute atomic E-state index is 0.215. The van der Waals surface area contributed by atoms with E-state index in [9.17, 15) is 28.9 Å². The summed E-state index contributed by atoms with van der Waals surface area (Å²) in [5.41, 5.74) is 0.963. The molecule has 1 aromatic rings. The molecule has 8 nitrogen and oxygen atoms in total. The van der Waals surface area contributed by atoms with Crippen LogP contribution in [0.3, 0.4) is 0 Å². The lowest BCUT2D eigenvalue weighted by molar-refractivity contribution is -0.147. The van der Waals surface area contributed by atoms with Crippen LogP contribution in [0.4, 0.5) is 0 Å². The van der Waals surface area contributed by atoms with Crippen LogP contribution in [0.5, 0.6) is 0 Å². The Hall–Kier alpha value is -2.18. The maximum atomic E-state index is 13.2. The van der Waals surface area contributed by atoms with E-state index in [4.69, 9.17) is 0 Å². The highest BCUT2D eigenvalue weighted by Crippen LogP contribution is 2.47. The molecular weight excluding hydrogens is 419 g/mol. The fourth-order valence-corrected chi connectivity index (χ4v) is 5.50. The van der Waals surface area contributed by atoms with Gasteiger partial charge >= 0.3 is 5.97 Å². The molecule has 3 atom stereocenters. The number of aliphatic carboxylic acids is 1. The van der Waals surface area contributed by atoms with Crippen molar-refractivity contribution in [1.29, 1.82) is 0 Å². The molecule has 0 aromatic heterocycles. The van der Waals surface area contributed by atoms with E-state index < -0.39 is 37.2 Å². The van der Waals surface area contributed by atoms with E-state index in [2.05, 4.69) is 5.32 Å². The van der Waals surface area contributed by atoms with E-state index in [1.54, 1.807) is 0 Å². The Balaban J connectivity index is 2.09. The average Bonchev–Trinajstić information content (AvgIpc) is 3.22. The summed E-state index contributed by atoms with van der Waals surface area (Å²) in [7, 11) is -4.11. The number of carboxylic acids is 1. The number of hydrogen-bond donors (Lipinski definition) is 3. The summed E-state index contributed by atoms with van der Waals surface area (Å²) in [5.74, 6) is -3.13. The van der Waals surface area contributed by atoms with Gasteiger partial charge < -0.3 is 20.2 Å². The number of unbranched alkanes of at least 4 members (excludes halogenated alkanes) is 2. The molecule has 2 unspecified atom stereocenters. The number of carbonyl (C=O) groups excluding carboxylic acids is 2. The Kier molecular flexibility index (Phi) is 9.72. The van der Waals surface area contributed by atoms with Crippen molar-refractivity contribution in [3.8, 4) is 0 Å². The molecule has 1 heterocycles. The summed E-state index contributed by atoms with van der Waals surface area (Å²) in [6, 6.07) is 8.45. The first-order valence-corrected chi connectivity index (χ1v) is 12.8. The number of rotatable bonds is 12. The Bertz CT molecular complexity index is 800. The summed E-state index contributed by atoms with van der Waals surface area (Å²) in [4.78, 5) is 48.3. The number of carbonyl (C=O) groups is 3. The zero-order valence-electron chi connectivity index (χ0n) is 18.0. The quantitative estimate of drug-likeness (QED) is 0.331. The van der Waals surface area contributed by atoms with Crippen LogP contribution in [0.2, 0.25) is 0 Å². The third-order valence-corrected chi connectivity index (χ3v) is 7.68. The smallest absolute Gasteiger partial charge is 0.326 e. The van der Waals surface area contributed by atoms with Gasteiger partial charge in [-0.15, -0.1) is 0 Å². The first-order valence-electron chi connectivity index (χ1n) is 10.9. The molecule has 2 rings (SSSR count). The van der Waals surface area contributed by atoms with Crippen LogP contribution in [0.25, 0.3) is 0 Å². The molecule has 1 aliphatic heterocycles. The number of carboxylic acid groups (broad SMARTS) is 1. The highest BCUT2D eigenvalue weighted by atomic mass is 31.2. The normalized spacial score (nSPS) is 18.9. The highest BCUT2D eigenvalue weighted by molar-refractivity contribution is 7.59. The molecule has 31 heavy (non-hydrogen) atoms. The van der Waals surface area contributed by atoms with E-state index in [1.165, 1.54) is 4.90 Å². The second-order valence-corrected chi connectivity index (χ2v) is 10.5. The Labute approximate surface area is 183 Å². The molecule has 1 aromatic carbocycles. The van der Waals surface area contributed by atoms with Crippen LogP contribution in [0, 0.1) is 0 Å². The molecule has 0 spiro atoms. The van der Waals surface area contributed by atoms with Gasteiger partial charge in [-0.3, -0.25) is 14.2 Å². The van der Waals surface area contributed by atoms with Crippen molar-refractivity contribution in [2.24, 2.45) is 0 Å². The number of hydrogen-bond acceptors (Lipinski definition) is 4. The molecule has 172 valence electrons. The van der Waals surface area contributed by atoms with Gasteiger partial charge in [-0.2, -0.15) is 0 Å². The van der Waals surface area contributed by atoms with Crippen LogP contribution in [-0.4, -0.2) is 57.2 Å². The second-order valence-electron chi connectivity index (χ2n) is 8.06. The van der Waals surface area contributed by atoms with Crippen molar-refractivity contribution in [3.63, 3.8) is 0 Å². The van der Waals surface area contributed by atoms with Gasteiger partial charge in [0.2, 0.25) is 19.2 Å². The topological polar surface area (TPSA) is 124 Å². The van der Waals surface area contributed by atoms with E-state index in [1.807, 2.05) is 37.3 Å². The van der Waals surface area contributed by atoms with E-state index in [-0.39, 0.29) is 25.3 Å². The van der Waals surface area contributed by atoms with E-state index in [0.29, 0.717) is 25.7 Å². The number of nitrogens with one attached hydrogen (secondary N) is 1. The third kappa shape index (κ3) is 7.78. The van der Waals surface area contributed by atoms with Gasteiger partial charge in [0.1, 0.15) is 18.0 Å². The van der Waals surface area contributed by atoms with Gasteiger partial charge in [-0.05, 0) is 37.7 Å². The van der Waals surface area contributed by atoms with Crippen LogP contribution >= 0.6 is 7.37 Å². The highest BCUT2D eigenvalue weighted by Gasteiger charge is 2.40. The molecule has 2 amide bonds. The van der Waals surface area contributed by atoms with Gasteiger partial charge in [0.25, 0.3) is 0 Å². The Morgan fingerprint density at radius 2 is 1.94 bits per heavy atom. The van der Waals surface area contributed by atoms with Gasteiger partial charge in [0, 0.05) is 13.0 Å². The third-order valence-electron chi connectivity index (χ3n) is 5.59. The molecule has 1 aliphatic rings. The van der Waals surface area contributed by atoms with Crippen molar-refractivity contribution >= 4 is 25.2 Å². The molecule has 0 saturated carbocycles. The summed E-state index contributed by atoms with van der Waals surface area (Å²) in [6.07, 6.45) is 3.69. The van der Waals surface area contributed by atoms with E-state index in [0.717, 1.165) is 18.4 Å². The predicted octanol–water partition coefficient (Wildman–Crippen LogP) is 2.99. The number of nitrogens with zero attached hydrogens (tertiary/aromatic N) is 1. The van der Waals surface area contributed by atoms with Crippen LogP contribution in [-0.2, 0) is 25.4 Å². The predicted molar refractivity (Wildman–Crippen MR) is 118 cm³/mol. The number of benzene rings is 1. The van der Waals surface area contributed by atoms with Crippen molar-refractivity contribution < 1.29 is 28.9 Å². The fourth-order valence-electron chi connectivity index (χ4n) is 3.83. The summed E-state index contributed by atoms with van der Waals surface area (Å²) >= 11 is 0. The van der Waals surface area contributed by atoms with Crippen molar-refractivity contribution in [2.75, 3.05) is 12.7 Å². The molecule has 9 heteroatoms. The maximum Gasteiger partial charge on any atom is 0.326 e. The monoisotopic (exact) mass is 452 g/mol. The molecule has 0 bridgehead atoms. The number of likely N-dealkylation sites (tertiary alicyclic amines) is 1. The summed E-state index contributed by atoms with van der Waals surface area (Å²) < 4.78 is 13.2. The largest absolute Gasteiger partial charge is 0.480 e. The van der Waals surface area contributed by atoms with Gasteiger partial charge in [-0.1, -0.05) is 50.1 Å². The zero-order valence-corrected chi connectivity index (χ0v) is 18.9. The number of aryl methyl sites for hydroxylation is 1. The number of amides is 2. The van der Waals surface area contributed by atoms with Crippen molar-refractivity contribution in [2.45, 2.75) is 70.1 Å². The Morgan fingerprint density at radius 3 is 2.58 bits per heavy atom. The molecule has 3 N–H and O–H groups in total. The van der Waals surface area contributed by atoms with Crippen LogP contribution in [0.15, 0.2) is 30.3 Å². The van der Waals surface area contributed by atoms with Gasteiger partial charge in [0.15, 0.2) is 0 Å². The Morgan fingerprint density at radius 1 is 1.23 bits per heavy atom. The minimum atomic E-state index is -4.11. The lowest BCUT2D eigenvalue weighted by atomic mass is 10.1. The molecule has 0 aliphatic carbocycles. The fraction of sp³-hybridized carbons (Fsp3) is 0.591. The summed E-state index contributed by atoms with van der Waals surface area (Å²) in [5, 5.41) is 12.0. The maximum absolute atomic E-state index is 13.2. The average molecular weight is 452 g/mol. The van der Waals surface area contributed by atoms with Crippen molar-refractivity contribution in [1.82, 2.24) is 10.2 Å². The SMILES string of the molecule is CCCCCC(=O)NC(CCc1ccccc1)P(=O)(O)CC(=O)N1CCC[C@H]1C(=O)O. The standard InChI is InChI=1S/C22H33N2O6P/c1-2-3-5-12-19(25)23-20(14-13-17-9-6-4-7-10-17)31(29,30)16-21(26)24-15-8-11-18(24)22(27)28/h4,6-7,9-10,18,20H,2-3,5,8,11-16H2,1H3,(H,23,25)(H,27,28)(H,29,30)/t18-,20?/m0/s1. The molecule has 1 saturated heterocycles.